The first kappa shape index (κ1) is 17.2. The van der Waals surface area contributed by atoms with Crippen LogP contribution in [-0.2, 0) is 4.79 Å². The van der Waals surface area contributed by atoms with Gasteiger partial charge in [0, 0.05) is 5.02 Å². The molecule has 2 aromatic carbocycles. The van der Waals surface area contributed by atoms with Crippen LogP contribution in [0, 0.1) is 0 Å². The predicted octanol–water partition coefficient (Wildman–Crippen LogP) is 4.50. The summed E-state index contributed by atoms with van der Waals surface area (Å²) in [5.41, 5.74) is 1.83. The average Bonchev–Trinajstić information content (AvgIpc) is 2.85. The van der Waals surface area contributed by atoms with E-state index in [1.165, 1.54) is 12.1 Å². The van der Waals surface area contributed by atoms with Crippen molar-refractivity contribution in [3.05, 3.63) is 69.2 Å². The van der Waals surface area contributed by atoms with Crippen molar-refractivity contribution < 1.29 is 14.7 Å². The first-order valence-corrected chi connectivity index (χ1v) is 8.03. The summed E-state index contributed by atoms with van der Waals surface area (Å²) in [6.45, 7) is 1.70. The van der Waals surface area contributed by atoms with Crippen LogP contribution in [0.2, 0.25) is 10.0 Å². The number of carboxylic acids is 1. The maximum Gasteiger partial charge on any atom is 0.337 e. The fourth-order valence-electron chi connectivity index (χ4n) is 2.42. The molecule has 0 radical (unpaired) electrons. The van der Waals surface area contributed by atoms with Crippen LogP contribution in [0.4, 0.5) is 5.69 Å². The van der Waals surface area contributed by atoms with E-state index >= 15 is 0 Å². The first-order valence-electron chi connectivity index (χ1n) is 7.27. The van der Waals surface area contributed by atoms with Crippen molar-refractivity contribution in [3.63, 3.8) is 0 Å². The van der Waals surface area contributed by atoms with Crippen molar-refractivity contribution in [3.8, 4) is 0 Å². The van der Waals surface area contributed by atoms with Crippen LogP contribution in [0.25, 0.3) is 6.08 Å². The van der Waals surface area contributed by atoms with E-state index in [1.54, 1.807) is 37.3 Å². The minimum Gasteiger partial charge on any atom is -0.478 e. The number of carbonyl (C=O) groups is 2. The number of carbonyl (C=O) groups excluding carboxylic acids is 1. The number of hydrazone groups is 1. The summed E-state index contributed by atoms with van der Waals surface area (Å²) in [7, 11) is 0. The second-order valence-electron chi connectivity index (χ2n) is 5.35. The lowest BCUT2D eigenvalue weighted by Crippen LogP contribution is -2.21. The number of benzene rings is 2. The van der Waals surface area contributed by atoms with E-state index < -0.39 is 5.97 Å². The van der Waals surface area contributed by atoms with Crippen LogP contribution in [0.15, 0.2) is 53.1 Å². The van der Waals surface area contributed by atoms with Gasteiger partial charge in [-0.3, -0.25) is 4.79 Å². The van der Waals surface area contributed by atoms with Gasteiger partial charge in [0.2, 0.25) is 0 Å². The van der Waals surface area contributed by atoms with Gasteiger partial charge in [0.15, 0.2) is 0 Å². The van der Waals surface area contributed by atoms with Crippen LogP contribution >= 0.6 is 23.2 Å². The molecule has 0 saturated heterocycles. The van der Waals surface area contributed by atoms with Crippen molar-refractivity contribution in [2.45, 2.75) is 6.92 Å². The van der Waals surface area contributed by atoms with Crippen LogP contribution in [0.5, 0.6) is 0 Å². The van der Waals surface area contributed by atoms with E-state index in [4.69, 9.17) is 23.2 Å². The highest BCUT2D eigenvalue weighted by Gasteiger charge is 2.29. The van der Waals surface area contributed by atoms with Crippen molar-refractivity contribution >= 4 is 52.6 Å². The Kier molecular flexibility index (Phi) is 4.61. The molecule has 0 aromatic heterocycles. The van der Waals surface area contributed by atoms with Gasteiger partial charge in [0.1, 0.15) is 0 Å². The molecule has 25 heavy (non-hydrogen) atoms. The molecule has 1 heterocycles. The summed E-state index contributed by atoms with van der Waals surface area (Å²) >= 11 is 12.0. The highest BCUT2D eigenvalue weighted by molar-refractivity contribution is 6.35. The smallest absolute Gasteiger partial charge is 0.337 e. The monoisotopic (exact) mass is 374 g/mol. The summed E-state index contributed by atoms with van der Waals surface area (Å²) in [6, 6.07) is 11.4. The largest absolute Gasteiger partial charge is 0.478 e. The number of hydrogen-bond acceptors (Lipinski definition) is 3. The molecule has 1 aliphatic rings. The zero-order valence-electron chi connectivity index (χ0n) is 13.0. The molecule has 0 atom stereocenters. The molecule has 0 fully saturated rings. The van der Waals surface area contributed by atoms with Crippen molar-refractivity contribution in [2.75, 3.05) is 5.01 Å². The summed E-state index contributed by atoms with van der Waals surface area (Å²) in [6.07, 6.45) is 1.66. The zero-order chi connectivity index (χ0) is 18.1. The molecule has 126 valence electrons. The molecule has 1 N–H and O–H groups in total. The minimum atomic E-state index is -1.17. The molecule has 0 aliphatic carbocycles. The van der Waals surface area contributed by atoms with Crippen molar-refractivity contribution in [1.82, 2.24) is 0 Å². The number of anilines is 1. The molecule has 1 aliphatic heterocycles. The third-order valence-electron chi connectivity index (χ3n) is 3.69. The zero-order valence-corrected chi connectivity index (χ0v) is 14.5. The van der Waals surface area contributed by atoms with Gasteiger partial charge in [-0.25, -0.2) is 4.79 Å². The summed E-state index contributed by atoms with van der Waals surface area (Å²) in [5.74, 6) is -1.54. The average molecular weight is 375 g/mol. The van der Waals surface area contributed by atoms with E-state index in [2.05, 4.69) is 5.10 Å². The molecule has 1 amide bonds. The van der Waals surface area contributed by atoms with Gasteiger partial charge in [-0.1, -0.05) is 41.4 Å². The van der Waals surface area contributed by atoms with Gasteiger partial charge in [-0.15, -0.1) is 0 Å². The molecular weight excluding hydrogens is 363 g/mol. The molecule has 3 rings (SSSR count). The Bertz CT molecular complexity index is 951. The second kappa shape index (κ2) is 6.70. The van der Waals surface area contributed by atoms with Crippen LogP contribution in [-0.4, -0.2) is 22.7 Å². The summed E-state index contributed by atoms with van der Waals surface area (Å²) in [5, 5.41) is 15.2. The first-order chi connectivity index (χ1) is 11.9. The van der Waals surface area contributed by atoms with E-state index in [1.807, 2.05) is 6.07 Å². The summed E-state index contributed by atoms with van der Waals surface area (Å²) < 4.78 is 0. The van der Waals surface area contributed by atoms with E-state index in [9.17, 15) is 14.7 Å². The van der Waals surface area contributed by atoms with Gasteiger partial charge in [-0.05, 0) is 42.8 Å². The van der Waals surface area contributed by atoms with Gasteiger partial charge in [0.25, 0.3) is 5.91 Å². The lowest BCUT2D eigenvalue weighted by molar-refractivity contribution is -0.114. The Balaban J connectivity index is 2.00. The fourth-order valence-corrected chi connectivity index (χ4v) is 2.80. The van der Waals surface area contributed by atoms with E-state index in [0.717, 1.165) is 5.01 Å². The SMILES string of the molecule is CC1=NN(c2ccc(Cl)c(C(=O)O)c2)C(=O)/C1=C\c1ccccc1Cl. The van der Waals surface area contributed by atoms with Crippen LogP contribution < -0.4 is 5.01 Å². The number of carboxylic acid groups (broad SMARTS) is 1. The predicted molar refractivity (Wildman–Crippen MR) is 98.4 cm³/mol. The standard InChI is InChI=1S/C18H12Cl2N2O3/c1-10-13(8-11-4-2-3-5-15(11)19)17(23)22(21-10)12-6-7-16(20)14(9-12)18(24)25/h2-9H,1H3,(H,24,25)/b13-8-. The topological polar surface area (TPSA) is 70.0 Å². The Morgan fingerprint density at radius 3 is 2.56 bits per heavy atom. The Hall–Kier alpha value is -2.63. The Morgan fingerprint density at radius 2 is 1.88 bits per heavy atom. The van der Waals surface area contributed by atoms with Crippen molar-refractivity contribution in [2.24, 2.45) is 5.10 Å². The Morgan fingerprint density at radius 1 is 1.16 bits per heavy atom. The number of nitrogens with zero attached hydrogens (tertiary/aromatic N) is 2. The van der Waals surface area contributed by atoms with E-state index in [-0.39, 0.29) is 16.5 Å². The number of rotatable bonds is 3. The number of hydrogen-bond donors (Lipinski definition) is 1. The summed E-state index contributed by atoms with van der Waals surface area (Å²) in [4.78, 5) is 23.9. The van der Waals surface area contributed by atoms with Gasteiger partial charge < -0.3 is 5.11 Å². The fraction of sp³-hybridized carbons (Fsp3) is 0.0556. The lowest BCUT2D eigenvalue weighted by atomic mass is 10.1. The normalized spacial score (nSPS) is 15.6. The highest BCUT2D eigenvalue weighted by Crippen LogP contribution is 2.29. The number of aromatic carboxylic acids is 1. The lowest BCUT2D eigenvalue weighted by Gasteiger charge is -2.13. The van der Waals surface area contributed by atoms with Crippen LogP contribution in [0.3, 0.4) is 0 Å². The molecule has 5 nitrogen and oxygen atoms in total. The van der Waals surface area contributed by atoms with Gasteiger partial charge >= 0.3 is 5.97 Å². The third kappa shape index (κ3) is 3.29. The molecule has 0 spiro atoms. The van der Waals surface area contributed by atoms with Crippen molar-refractivity contribution in [1.29, 1.82) is 0 Å². The maximum atomic E-state index is 12.7. The number of halogens is 2. The third-order valence-corrected chi connectivity index (χ3v) is 4.37. The number of amides is 1. The molecule has 0 bridgehead atoms. The quantitative estimate of drug-likeness (QED) is 0.804. The van der Waals surface area contributed by atoms with Gasteiger partial charge in [-0.2, -0.15) is 10.1 Å². The van der Waals surface area contributed by atoms with Gasteiger partial charge in [0.05, 0.1) is 27.6 Å². The molecule has 7 heteroatoms. The maximum absolute atomic E-state index is 12.7. The van der Waals surface area contributed by atoms with E-state index in [0.29, 0.717) is 27.6 Å². The second-order valence-corrected chi connectivity index (χ2v) is 6.17. The Labute approximate surface area is 153 Å². The molecule has 0 unspecified atom stereocenters. The highest BCUT2D eigenvalue weighted by atomic mass is 35.5. The molecule has 2 aromatic rings. The molecule has 0 saturated carbocycles. The minimum absolute atomic E-state index is 0.0930. The van der Waals surface area contributed by atoms with Crippen LogP contribution in [0.1, 0.15) is 22.8 Å². The molecular formula is C18H12Cl2N2O3.